The van der Waals surface area contributed by atoms with Gasteiger partial charge in [-0.3, -0.25) is 0 Å². The van der Waals surface area contributed by atoms with Gasteiger partial charge in [0.05, 0.1) is 0 Å². The first-order valence-corrected chi connectivity index (χ1v) is 8.95. The Morgan fingerprint density at radius 2 is 0.640 bits per heavy atom. The summed E-state index contributed by atoms with van der Waals surface area (Å²) in [5, 5.41) is 20.9. The van der Waals surface area contributed by atoms with Gasteiger partial charge in [-0.15, -0.1) is 0 Å². The summed E-state index contributed by atoms with van der Waals surface area (Å²) < 4.78 is 0. The van der Waals surface area contributed by atoms with E-state index in [-0.39, 0.29) is 5.41 Å². The lowest BCUT2D eigenvalue weighted by Crippen LogP contribution is -2.26. The summed E-state index contributed by atoms with van der Waals surface area (Å²) in [5.74, 6) is 0.808. The fourth-order valence-corrected chi connectivity index (χ4v) is 4.59. The number of hydrogen-bond acceptors (Lipinski definition) is 2. The van der Waals surface area contributed by atoms with E-state index in [2.05, 4.69) is 41.5 Å². The lowest BCUT2D eigenvalue weighted by atomic mass is 9.68. The van der Waals surface area contributed by atoms with Crippen LogP contribution in [-0.4, -0.2) is 10.2 Å². The number of hydrogen-bond donors (Lipinski definition) is 2. The Balaban J connectivity index is 2.96. The molecule has 2 rings (SSSR count). The van der Waals surface area contributed by atoms with Crippen LogP contribution in [0.3, 0.4) is 0 Å². The molecular formula is C23H32O2. The van der Waals surface area contributed by atoms with Gasteiger partial charge in [0, 0.05) is 5.41 Å². The molecule has 25 heavy (non-hydrogen) atoms. The molecule has 2 nitrogen and oxygen atoms in total. The van der Waals surface area contributed by atoms with Gasteiger partial charge in [0.1, 0.15) is 11.5 Å². The van der Waals surface area contributed by atoms with Crippen LogP contribution in [0.5, 0.6) is 11.5 Å². The van der Waals surface area contributed by atoms with Gasteiger partial charge in [0.2, 0.25) is 0 Å². The monoisotopic (exact) mass is 340 g/mol. The Morgan fingerprint density at radius 3 is 0.840 bits per heavy atom. The molecule has 2 aromatic rings. The smallest absolute Gasteiger partial charge is 0.121 e. The summed E-state index contributed by atoms with van der Waals surface area (Å²) in [6.45, 7) is 20.9. The largest absolute Gasteiger partial charge is 0.507 e. The van der Waals surface area contributed by atoms with E-state index in [1.165, 1.54) is 11.1 Å². The van der Waals surface area contributed by atoms with Gasteiger partial charge < -0.3 is 10.2 Å². The summed E-state index contributed by atoms with van der Waals surface area (Å²) in [4.78, 5) is 0. The minimum absolute atomic E-state index is 0.227. The Morgan fingerprint density at radius 1 is 0.440 bits per heavy atom. The van der Waals surface area contributed by atoms with E-state index in [0.717, 1.165) is 44.5 Å². The molecule has 0 atom stereocenters. The second-order valence-electron chi connectivity index (χ2n) is 8.07. The molecule has 0 bridgehead atoms. The number of phenols is 2. The van der Waals surface area contributed by atoms with Crippen LogP contribution >= 0.6 is 0 Å². The molecule has 0 aliphatic heterocycles. The molecule has 0 aromatic heterocycles. The summed E-state index contributed by atoms with van der Waals surface area (Å²) in [5.41, 5.74) is 10.7. The van der Waals surface area contributed by atoms with Gasteiger partial charge in [-0.05, 0) is 111 Å². The van der Waals surface area contributed by atoms with Crippen molar-refractivity contribution in [1.29, 1.82) is 0 Å². The van der Waals surface area contributed by atoms with E-state index >= 15 is 0 Å². The summed E-state index contributed by atoms with van der Waals surface area (Å²) >= 11 is 0. The van der Waals surface area contributed by atoms with Gasteiger partial charge in [-0.2, -0.15) is 0 Å². The molecule has 2 aromatic carbocycles. The fourth-order valence-electron chi connectivity index (χ4n) is 4.59. The average Bonchev–Trinajstić information content (AvgIpc) is 2.54. The third kappa shape index (κ3) is 2.63. The van der Waals surface area contributed by atoms with E-state index in [1.807, 2.05) is 27.7 Å². The van der Waals surface area contributed by atoms with Gasteiger partial charge >= 0.3 is 0 Å². The topological polar surface area (TPSA) is 40.5 Å². The average molecular weight is 341 g/mol. The molecule has 0 saturated heterocycles. The zero-order chi connectivity index (χ0) is 19.4. The molecule has 0 aliphatic carbocycles. The van der Waals surface area contributed by atoms with Crippen LogP contribution in [0.15, 0.2) is 0 Å². The van der Waals surface area contributed by atoms with Crippen LogP contribution in [0.4, 0.5) is 0 Å². The van der Waals surface area contributed by atoms with Crippen molar-refractivity contribution in [3.05, 3.63) is 55.6 Å². The number of rotatable bonds is 2. The van der Waals surface area contributed by atoms with Gasteiger partial charge in [0.25, 0.3) is 0 Å². The SMILES string of the molecule is Cc1c(C)c(C(C)(C)c2c(C)c(C)c(O)c(C)c2C)c(C)c(C)c1O. The summed E-state index contributed by atoms with van der Waals surface area (Å²) in [7, 11) is 0. The summed E-state index contributed by atoms with van der Waals surface area (Å²) in [6.07, 6.45) is 0. The predicted molar refractivity (Wildman–Crippen MR) is 106 cm³/mol. The van der Waals surface area contributed by atoms with E-state index in [4.69, 9.17) is 0 Å². The van der Waals surface area contributed by atoms with Crippen LogP contribution in [0.25, 0.3) is 0 Å². The van der Waals surface area contributed by atoms with Crippen molar-refractivity contribution >= 4 is 0 Å². The normalized spacial score (nSPS) is 11.9. The first-order valence-electron chi connectivity index (χ1n) is 8.95. The number of benzene rings is 2. The van der Waals surface area contributed by atoms with Crippen molar-refractivity contribution in [2.24, 2.45) is 0 Å². The molecule has 0 amide bonds. The lowest BCUT2D eigenvalue weighted by Gasteiger charge is -2.35. The zero-order valence-electron chi connectivity index (χ0n) is 17.4. The molecule has 0 aliphatic rings. The minimum atomic E-state index is -0.227. The van der Waals surface area contributed by atoms with Gasteiger partial charge in [-0.1, -0.05) is 13.8 Å². The number of aromatic hydroxyl groups is 2. The van der Waals surface area contributed by atoms with E-state index in [0.29, 0.717) is 11.5 Å². The van der Waals surface area contributed by atoms with Crippen LogP contribution in [0, 0.1) is 55.4 Å². The Labute approximate surface area is 152 Å². The molecule has 0 unspecified atom stereocenters. The Hall–Kier alpha value is -1.96. The first-order chi connectivity index (χ1) is 11.4. The highest BCUT2D eigenvalue weighted by molar-refractivity contribution is 5.62. The van der Waals surface area contributed by atoms with E-state index < -0.39 is 0 Å². The quantitative estimate of drug-likeness (QED) is 0.715. The molecule has 136 valence electrons. The second kappa shape index (κ2) is 6.09. The van der Waals surface area contributed by atoms with Crippen LogP contribution in [0.1, 0.15) is 69.5 Å². The van der Waals surface area contributed by atoms with Crippen molar-refractivity contribution in [1.82, 2.24) is 0 Å². The lowest BCUT2D eigenvalue weighted by molar-refractivity contribution is 0.462. The molecule has 0 heterocycles. The van der Waals surface area contributed by atoms with Gasteiger partial charge in [0.15, 0.2) is 0 Å². The van der Waals surface area contributed by atoms with Crippen molar-refractivity contribution in [3.8, 4) is 11.5 Å². The van der Waals surface area contributed by atoms with E-state index in [9.17, 15) is 10.2 Å². The molecule has 0 saturated carbocycles. The first kappa shape index (κ1) is 19.4. The zero-order valence-corrected chi connectivity index (χ0v) is 17.4. The maximum Gasteiger partial charge on any atom is 0.121 e. The van der Waals surface area contributed by atoms with Crippen molar-refractivity contribution in [3.63, 3.8) is 0 Å². The predicted octanol–water partition coefficient (Wildman–Crippen LogP) is 5.89. The van der Waals surface area contributed by atoms with Crippen LogP contribution < -0.4 is 0 Å². The molecule has 0 spiro atoms. The van der Waals surface area contributed by atoms with Crippen LogP contribution in [0.2, 0.25) is 0 Å². The van der Waals surface area contributed by atoms with Crippen LogP contribution in [-0.2, 0) is 5.41 Å². The third-order valence-corrected chi connectivity index (χ3v) is 6.42. The number of phenolic OH excluding ortho intramolecular Hbond substituents is 2. The standard InChI is InChI=1S/C23H32O2/c1-11-15(5)21(24)16(6)12(2)19(11)23(9,10)20-13(3)17(7)22(25)18(8)14(20)4/h24-25H,1-10H3. The fraction of sp³-hybridized carbons (Fsp3) is 0.478. The molecule has 0 fully saturated rings. The highest BCUT2D eigenvalue weighted by Crippen LogP contribution is 2.45. The second-order valence-corrected chi connectivity index (χ2v) is 8.07. The molecule has 2 N–H and O–H groups in total. The molecular weight excluding hydrogens is 308 g/mol. The Kier molecular flexibility index (Phi) is 4.71. The highest BCUT2D eigenvalue weighted by atomic mass is 16.3. The van der Waals surface area contributed by atoms with Crippen molar-refractivity contribution in [2.45, 2.75) is 74.7 Å². The third-order valence-electron chi connectivity index (χ3n) is 6.42. The Bertz CT molecular complexity index is 741. The van der Waals surface area contributed by atoms with E-state index in [1.54, 1.807) is 0 Å². The summed E-state index contributed by atoms with van der Waals surface area (Å²) in [6, 6.07) is 0. The van der Waals surface area contributed by atoms with Crippen molar-refractivity contribution < 1.29 is 10.2 Å². The highest BCUT2D eigenvalue weighted by Gasteiger charge is 2.33. The maximum absolute atomic E-state index is 10.4. The minimum Gasteiger partial charge on any atom is -0.507 e. The van der Waals surface area contributed by atoms with Crippen molar-refractivity contribution in [2.75, 3.05) is 0 Å². The van der Waals surface area contributed by atoms with Gasteiger partial charge in [-0.25, -0.2) is 0 Å². The molecule has 0 radical (unpaired) electrons. The maximum atomic E-state index is 10.4. The molecule has 2 heteroatoms.